The van der Waals surface area contributed by atoms with Gasteiger partial charge in [-0.25, -0.2) is 8.42 Å². The van der Waals surface area contributed by atoms with Crippen LogP contribution in [0.5, 0.6) is 0 Å². The van der Waals surface area contributed by atoms with Crippen LogP contribution in [0.3, 0.4) is 0 Å². The van der Waals surface area contributed by atoms with Gasteiger partial charge in [-0.05, 0) is 19.4 Å². The quantitative estimate of drug-likeness (QED) is 0.774. The third-order valence-corrected chi connectivity index (χ3v) is 4.20. The number of aryl methyl sites for hydroxylation is 2. The van der Waals surface area contributed by atoms with Crippen molar-refractivity contribution in [2.75, 3.05) is 11.5 Å². The Morgan fingerprint density at radius 3 is 2.62 bits per heavy atom. The molecule has 0 radical (unpaired) electrons. The van der Waals surface area contributed by atoms with Crippen LogP contribution >= 0.6 is 0 Å². The van der Waals surface area contributed by atoms with E-state index in [9.17, 15) is 13.2 Å². The topological polar surface area (TPSA) is 56.1 Å². The van der Waals surface area contributed by atoms with Gasteiger partial charge in [-0.1, -0.05) is 13.0 Å². The monoisotopic (exact) mass is 243 g/mol. The number of rotatable bonds is 5. The maximum Gasteiger partial charge on any atom is 0.253 e. The number of hydrogen-bond donors (Lipinski definition) is 0. The van der Waals surface area contributed by atoms with E-state index >= 15 is 0 Å². The van der Waals surface area contributed by atoms with Crippen molar-refractivity contribution in [2.45, 2.75) is 26.8 Å². The summed E-state index contributed by atoms with van der Waals surface area (Å²) in [5, 5.41) is 0. The lowest BCUT2D eigenvalue weighted by Gasteiger charge is -2.06. The minimum absolute atomic E-state index is 0.0319. The molecule has 0 aliphatic carbocycles. The molecule has 1 aromatic rings. The number of sulfone groups is 1. The zero-order valence-corrected chi connectivity index (χ0v) is 10.5. The predicted octanol–water partition coefficient (Wildman–Crippen LogP) is 0.982. The van der Waals surface area contributed by atoms with Gasteiger partial charge >= 0.3 is 0 Å². The van der Waals surface area contributed by atoms with E-state index in [0.29, 0.717) is 12.0 Å². The molecule has 0 bridgehead atoms. The normalized spacial score (nSPS) is 11.6. The van der Waals surface area contributed by atoms with Gasteiger partial charge in [0.25, 0.3) is 5.56 Å². The highest BCUT2D eigenvalue weighted by Crippen LogP contribution is 1.96. The summed E-state index contributed by atoms with van der Waals surface area (Å²) in [6.07, 6.45) is 2.24. The summed E-state index contributed by atoms with van der Waals surface area (Å²) in [5.74, 6) is 0.220. The van der Waals surface area contributed by atoms with Crippen LogP contribution in [0.4, 0.5) is 0 Å². The third kappa shape index (κ3) is 3.48. The van der Waals surface area contributed by atoms with E-state index in [2.05, 4.69) is 0 Å². The van der Waals surface area contributed by atoms with Crippen LogP contribution in [0.15, 0.2) is 23.1 Å². The maximum absolute atomic E-state index is 11.6. The van der Waals surface area contributed by atoms with Gasteiger partial charge in [0.05, 0.1) is 5.75 Å². The van der Waals surface area contributed by atoms with Gasteiger partial charge < -0.3 is 4.57 Å². The summed E-state index contributed by atoms with van der Waals surface area (Å²) in [6.45, 7) is 3.79. The molecule has 0 spiro atoms. The molecule has 5 heteroatoms. The fourth-order valence-corrected chi connectivity index (χ4v) is 2.78. The van der Waals surface area contributed by atoms with Gasteiger partial charge in [0, 0.05) is 24.1 Å². The van der Waals surface area contributed by atoms with Crippen LogP contribution in [0.2, 0.25) is 0 Å². The highest BCUT2D eigenvalue weighted by atomic mass is 32.2. The summed E-state index contributed by atoms with van der Waals surface area (Å²) in [4.78, 5) is 11.6. The molecule has 16 heavy (non-hydrogen) atoms. The van der Waals surface area contributed by atoms with E-state index in [1.807, 2.05) is 6.92 Å². The van der Waals surface area contributed by atoms with Gasteiger partial charge in [-0.3, -0.25) is 4.79 Å². The minimum Gasteiger partial charge on any atom is -0.314 e. The molecular weight excluding hydrogens is 226 g/mol. The Balaban J connectivity index is 2.76. The zero-order chi connectivity index (χ0) is 12.2. The second-order valence-corrected chi connectivity index (χ2v) is 6.15. The Labute approximate surface area is 95.8 Å². The average molecular weight is 243 g/mol. The molecule has 0 N–H and O–H groups in total. The Hall–Kier alpha value is -1.10. The van der Waals surface area contributed by atoms with Crippen LogP contribution in [-0.2, 0) is 16.4 Å². The first-order valence-corrected chi connectivity index (χ1v) is 7.15. The molecule has 1 heterocycles. The Kier molecular flexibility index (Phi) is 4.29. The zero-order valence-electron chi connectivity index (χ0n) is 9.64. The van der Waals surface area contributed by atoms with Crippen molar-refractivity contribution in [3.63, 3.8) is 0 Å². The molecule has 1 rings (SSSR count). The van der Waals surface area contributed by atoms with Gasteiger partial charge in [0.1, 0.15) is 0 Å². The number of hydrogen-bond acceptors (Lipinski definition) is 3. The Morgan fingerprint density at radius 1 is 1.31 bits per heavy atom. The highest BCUT2D eigenvalue weighted by Gasteiger charge is 2.09. The van der Waals surface area contributed by atoms with Crippen LogP contribution in [0.1, 0.15) is 18.9 Å². The fourth-order valence-electron chi connectivity index (χ4n) is 1.48. The van der Waals surface area contributed by atoms with Crippen molar-refractivity contribution in [3.8, 4) is 0 Å². The molecule has 0 atom stereocenters. The van der Waals surface area contributed by atoms with Crippen molar-refractivity contribution in [2.24, 2.45) is 0 Å². The maximum atomic E-state index is 11.6. The van der Waals surface area contributed by atoms with E-state index in [-0.39, 0.29) is 23.6 Å². The summed E-state index contributed by atoms with van der Waals surface area (Å²) in [6, 6.07) is 3.47. The van der Waals surface area contributed by atoms with Crippen molar-refractivity contribution in [1.29, 1.82) is 0 Å². The molecule has 0 unspecified atom stereocenters. The van der Waals surface area contributed by atoms with Gasteiger partial charge in [-0.15, -0.1) is 0 Å². The lowest BCUT2D eigenvalue weighted by molar-refractivity contribution is 0.585. The molecule has 0 aliphatic heterocycles. The summed E-state index contributed by atoms with van der Waals surface area (Å²) in [5.41, 5.74) is 0.518. The van der Waals surface area contributed by atoms with Crippen LogP contribution in [0, 0.1) is 6.92 Å². The molecule has 1 aromatic heterocycles. The molecule has 0 aliphatic rings. The molecule has 0 aromatic carbocycles. The molecule has 90 valence electrons. The van der Waals surface area contributed by atoms with E-state index in [0.717, 1.165) is 0 Å². The summed E-state index contributed by atoms with van der Waals surface area (Å²) < 4.78 is 24.4. The highest BCUT2D eigenvalue weighted by molar-refractivity contribution is 7.91. The number of aromatic nitrogens is 1. The molecule has 4 nitrogen and oxygen atoms in total. The standard InChI is InChI=1S/C11H17NO3S/c1-3-8-16(14,15)9-7-12-6-4-5-10(2)11(12)13/h4-6H,3,7-9H2,1-2H3. The molecule has 0 amide bonds. The Morgan fingerprint density at radius 2 is 2.00 bits per heavy atom. The van der Waals surface area contributed by atoms with Crippen molar-refractivity contribution in [1.82, 2.24) is 4.57 Å². The van der Waals surface area contributed by atoms with Gasteiger partial charge in [0.15, 0.2) is 9.84 Å². The predicted molar refractivity (Wildman–Crippen MR) is 64.4 cm³/mol. The van der Waals surface area contributed by atoms with Crippen LogP contribution in [-0.4, -0.2) is 24.5 Å². The number of nitrogens with zero attached hydrogens (tertiary/aromatic N) is 1. The molecule has 0 saturated heterocycles. The molecule has 0 saturated carbocycles. The first-order valence-electron chi connectivity index (χ1n) is 5.33. The van der Waals surface area contributed by atoms with Crippen LogP contribution in [0.25, 0.3) is 0 Å². The smallest absolute Gasteiger partial charge is 0.253 e. The van der Waals surface area contributed by atoms with E-state index in [1.165, 1.54) is 4.57 Å². The summed E-state index contributed by atoms with van der Waals surface area (Å²) in [7, 11) is -3.02. The first-order chi connectivity index (χ1) is 7.46. The average Bonchev–Trinajstić information content (AvgIpc) is 2.20. The fraction of sp³-hybridized carbons (Fsp3) is 0.545. The van der Waals surface area contributed by atoms with E-state index in [4.69, 9.17) is 0 Å². The van der Waals surface area contributed by atoms with Crippen molar-refractivity contribution in [3.05, 3.63) is 34.2 Å². The lowest BCUT2D eigenvalue weighted by atomic mass is 10.3. The van der Waals surface area contributed by atoms with Gasteiger partial charge in [-0.2, -0.15) is 0 Å². The minimum atomic E-state index is -3.02. The van der Waals surface area contributed by atoms with Crippen LogP contribution < -0.4 is 5.56 Å². The van der Waals surface area contributed by atoms with E-state index < -0.39 is 9.84 Å². The Bertz CT molecular complexity index is 502. The van der Waals surface area contributed by atoms with Crippen molar-refractivity contribution >= 4 is 9.84 Å². The SMILES string of the molecule is CCCS(=O)(=O)CCn1cccc(C)c1=O. The number of pyridine rings is 1. The lowest BCUT2D eigenvalue weighted by Crippen LogP contribution is -2.25. The van der Waals surface area contributed by atoms with Crippen molar-refractivity contribution < 1.29 is 8.42 Å². The largest absolute Gasteiger partial charge is 0.314 e. The second kappa shape index (κ2) is 5.30. The second-order valence-electron chi connectivity index (χ2n) is 3.84. The van der Waals surface area contributed by atoms with E-state index in [1.54, 1.807) is 25.3 Å². The summed E-state index contributed by atoms with van der Waals surface area (Å²) >= 11 is 0. The first kappa shape index (κ1) is 13.0. The molecule has 0 fully saturated rings. The third-order valence-electron chi connectivity index (χ3n) is 2.37. The molecular formula is C11H17NO3S. The van der Waals surface area contributed by atoms with Gasteiger partial charge in [0.2, 0.25) is 0 Å².